The maximum Gasteiger partial charge on any atom is 0.187 e. The lowest BCUT2D eigenvalue weighted by Crippen LogP contribution is -2.64. The van der Waals surface area contributed by atoms with E-state index in [0.29, 0.717) is 0 Å². The van der Waals surface area contributed by atoms with Crippen LogP contribution in [0.1, 0.15) is 6.92 Å². The van der Waals surface area contributed by atoms with E-state index in [1.54, 1.807) is 6.92 Å². The monoisotopic (exact) mass is 354 g/mol. The van der Waals surface area contributed by atoms with Crippen LogP contribution in [0, 0.1) is 0 Å². The summed E-state index contributed by atoms with van der Waals surface area (Å²) in [6.07, 6.45) is -11.7. The van der Waals surface area contributed by atoms with Crippen LogP contribution in [0.5, 0.6) is 0 Å². The average Bonchev–Trinajstić information content (AvgIpc) is 2.57. The zero-order valence-electron chi connectivity index (χ0n) is 13.5. The van der Waals surface area contributed by atoms with E-state index in [1.165, 1.54) is 7.11 Å². The first-order chi connectivity index (χ1) is 11.3. The zero-order valence-corrected chi connectivity index (χ0v) is 13.5. The Morgan fingerprint density at radius 2 is 1.33 bits per heavy atom. The highest BCUT2D eigenvalue weighted by atomic mass is 16.7. The van der Waals surface area contributed by atoms with Crippen molar-refractivity contribution < 1.29 is 49.6 Å². The second-order valence-corrected chi connectivity index (χ2v) is 6.05. The van der Waals surface area contributed by atoms with Crippen molar-refractivity contribution in [2.24, 2.45) is 0 Å². The summed E-state index contributed by atoms with van der Waals surface area (Å²) in [6.45, 7) is 0.527. The van der Waals surface area contributed by atoms with Crippen LogP contribution in [0.3, 0.4) is 0 Å². The Kier molecular flexibility index (Phi) is 6.90. The summed E-state index contributed by atoms with van der Waals surface area (Å²) in [6, 6.07) is 0. The van der Waals surface area contributed by atoms with E-state index in [2.05, 4.69) is 0 Å². The molecule has 0 spiro atoms. The van der Waals surface area contributed by atoms with E-state index in [4.69, 9.17) is 18.9 Å². The van der Waals surface area contributed by atoms with Crippen molar-refractivity contribution in [3.05, 3.63) is 0 Å². The van der Waals surface area contributed by atoms with Crippen LogP contribution in [-0.4, -0.2) is 112 Å². The summed E-state index contributed by atoms with van der Waals surface area (Å²) in [5.74, 6) is 0. The third kappa shape index (κ3) is 3.73. The normalized spacial score (nSPS) is 50.0. The Labute approximate surface area is 139 Å². The standard InChI is InChI=1S/C14H26O10/c1-5-8(17)13(10(19)6(3-15)22-5)24-14-11(20)12(21-2)9(18)7(4-16)23-14/h5-20H,3-4H2,1-2H3/t5-,6?,7?,8-,9?,10?,11+,12-,13-,14-/m1/s1. The number of ether oxygens (including phenoxy) is 4. The molecule has 10 atom stereocenters. The van der Waals surface area contributed by atoms with Crippen LogP contribution in [0.15, 0.2) is 0 Å². The van der Waals surface area contributed by atoms with Gasteiger partial charge in [0, 0.05) is 7.11 Å². The molecule has 142 valence electrons. The first-order valence-electron chi connectivity index (χ1n) is 7.78. The van der Waals surface area contributed by atoms with Crippen molar-refractivity contribution >= 4 is 0 Å². The van der Waals surface area contributed by atoms with Crippen LogP contribution in [0.4, 0.5) is 0 Å². The molecular weight excluding hydrogens is 328 g/mol. The minimum atomic E-state index is -1.42. The molecular formula is C14H26O10. The average molecular weight is 354 g/mol. The number of aliphatic hydroxyl groups excluding tert-OH is 6. The van der Waals surface area contributed by atoms with Crippen molar-refractivity contribution in [1.29, 1.82) is 0 Å². The Balaban J connectivity index is 2.14. The van der Waals surface area contributed by atoms with Crippen LogP contribution in [0.2, 0.25) is 0 Å². The first kappa shape index (κ1) is 19.9. The van der Waals surface area contributed by atoms with Crippen LogP contribution >= 0.6 is 0 Å². The zero-order chi connectivity index (χ0) is 18.0. The van der Waals surface area contributed by atoms with Crippen molar-refractivity contribution in [1.82, 2.24) is 0 Å². The van der Waals surface area contributed by atoms with E-state index in [1.807, 2.05) is 0 Å². The van der Waals surface area contributed by atoms with Gasteiger partial charge in [-0.05, 0) is 6.92 Å². The number of aliphatic hydroxyl groups is 6. The largest absolute Gasteiger partial charge is 0.394 e. The first-order valence-corrected chi connectivity index (χ1v) is 7.78. The fraction of sp³-hybridized carbons (Fsp3) is 1.00. The highest BCUT2D eigenvalue weighted by Crippen LogP contribution is 2.29. The summed E-state index contributed by atoms with van der Waals surface area (Å²) < 4.78 is 21.1. The fourth-order valence-electron chi connectivity index (χ4n) is 3.03. The van der Waals surface area contributed by atoms with Crippen molar-refractivity contribution in [2.45, 2.75) is 68.1 Å². The van der Waals surface area contributed by atoms with Gasteiger partial charge in [-0.1, -0.05) is 0 Å². The quantitative estimate of drug-likeness (QED) is 0.290. The van der Waals surface area contributed by atoms with E-state index in [9.17, 15) is 30.6 Å². The Morgan fingerprint density at radius 3 is 1.88 bits per heavy atom. The van der Waals surface area contributed by atoms with Gasteiger partial charge in [0.05, 0.1) is 19.3 Å². The summed E-state index contributed by atoms with van der Waals surface area (Å²) in [4.78, 5) is 0. The van der Waals surface area contributed by atoms with Crippen LogP contribution < -0.4 is 0 Å². The van der Waals surface area contributed by atoms with Gasteiger partial charge in [0.2, 0.25) is 0 Å². The number of hydrogen-bond donors (Lipinski definition) is 6. The Hall–Kier alpha value is -0.400. The minimum Gasteiger partial charge on any atom is -0.394 e. The molecule has 0 aromatic carbocycles. The van der Waals surface area contributed by atoms with Crippen molar-refractivity contribution in [2.75, 3.05) is 20.3 Å². The van der Waals surface area contributed by atoms with Crippen LogP contribution in [-0.2, 0) is 18.9 Å². The third-order valence-electron chi connectivity index (χ3n) is 4.49. The molecule has 0 aromatic rings. The molecule has 10 nitrogen and oxygen atoms in total. The molecule has 0 amide bonds. The maximum absolute atomic E-state index is 10.2. The molecule has 2 aliphatic heterocycles. The van der Waals surface area contributed by atoms with Crippen molar-refractivity contribution in [3.8, 4) is 0 Å². The minimum absolute atomic E-state index is 0.481. The number of methoxy groups -OCH3 is 1. The molecule has 2 heterocycles. The SMILES string of the molecule is CO[C@@H]1C(O)C(CO)O[C@H](O[C@H]2C(O)C(CO)O[C@H](C)[C@H]2O)[C@H]1O. The van der Waals surface area contributed by atoms with Gasteiger partial charge in [0.25, 0.3) is 0 Å². The summed E-state index contributed by atoms with van der Waals surface area (Å²) in [5.41, 5.74) is 0. The number of hydrogen-bond acceptors (Lipinski definition) is 10. The molecule has 10 heteroatoms. The molecule has 0 bridgehead atoms. The van der Waals surface area contributed by atoms with Gasteiger partial charge in [-0.25, -0.2) is 0 Å². The lowest BCUT2D eigenvalue weighted by Gasteiger charge is -2.46. The molecule has 0 aromatic heterocycles. The Morgan fingerprint density at radius 1 is 0.792 bits per heavy atom. The molecule has 4 unspecified atom stereocenters. The second kappa shape index (κ2) is 8.32. The smallest absolute Gasteiger partial charge is 0.187 e. The predicted molar refractivity (Wildman–Crippen MR) is 76.9 cm³/mol. The summed E-state index contributed by atoms with van der Waals surface area (Å²) >= 11 is 0. The molecule has 0 saturated carbocycles. The molecule has 0 aliphatic carbocycles. The highest BCUT2D eigenvalue weighted by Gasteiger charge is 2.50. The fourth-order valence-corrected chi connectivity index (χ4v) is 3.03. The van der Waals surface area contributed by atoms with Gasteiger partial charge >= 0.3 is 0 Å². The topological polar surface area (TPSA) is 158 Å². The molecule has 2 saturated heterocycles. The lowest BCUT2D eigenvalue weighted by molar-refractivity contribution is -0.342. The van der Waals surface area contributed by atoms with Gasteiger partial charge < -0.3 is 49.6 Å². The van der Waals surface area contributed by atoms with E-state index < -0.39 is 74.4 Å². The summed E-state index contributed by atoms with van der Waals surface area (Å²) in [7, 11) is 1.27. The molecule has 0 radical (unpaired) electrons. The molecule has 6 N–H and O–H groups in total. The molecule has 24 heavy (non-hydrogen) atoms. The van der Waals surface area contributed by atoms with Crippen molar-refractivity contribution in [3.63, 3.8) is 0 Å². The van der Waals surface area contributed by atoms with Crippen LogP contribution in [0.25, 0.3) is 0 Å². The highest BCUT2D eigenvalue weighted by molar-refractivity contribution is 4.95. The molecule has 2 fully saturated rings. The Bertz CT molecular complexity index is 396. The van der Waals surface area contributed by atoms with Gasteiger partial charge in [-0.15, -0.1) is 0 Å². The van der Waals surface area contributed by atoms with Gasteiger partial charge in [0.1, 0.15) is 48.8 Å². The van der Waals surface area contributed by atoms with E-state index >= 15 is 0 Å². The number of rotatable bonds is 5. The van der Waals surface area contributed by atoms with E-state index in [0.717, 1.165) is 0 Å². The van der Waals surface area contributed by atoms with Gasteiger partial charge in [-0.2, -0.15) is 0 Å². The third-order valence-corrected chi connectivity index (χ3v) is 4.49. The van der Waals surface area contributed by atoms with Gasteiger partial charge in [-0.3, -0.25) is 0 Å². The predicted octanol–water partition coefficient (Wildman–Crippen LogP) is -3.67. The van der Waals surface area contributed by atoms with E-state index in [-0.39, 0.29) is 0 Å². The molecule has 2 aliphatic rings. The lowest BCUT2D eigenvalue weighted by atomic mass is 9.95. The van der Waals surface area contributed by atoms with Gasteiger partial charge in [0.15, 0.2) is 6.29 Å². The maximum atomic E-state index is 10.2. The molecule has 2 rings (SSSR count). The summed E-state index contributed by atoms with van der Waals surface area (Å²) in [5, 5.41) is 59.1. The second-order valence-electron chi connectivity index (χ2n) is 6.05.